The Kier molecular flexibility index (Phi) is 6.36. The van der Waals surface area contributed by atoms with Crippen molar-refractivity contribution in [2.24, 2.45) is 7.05 Å². The van der Waals surface area contributed by atoms with Crippen molar-refractivity contribution in [3.63, 3.8) is 0 Å². The summed E-state index contributed by atoms with van der Waals surface area (Å²) in [5.41, 5.74) is 0.280. The van der Waals surface area contributed by atoms with Gasteiger partial charge in [-0.3, -0.25) is 14.9 Å². The van der Waals surface area contributed by atoms with Crippen LogP contribution in [0.25, 0.3) is 0 Å². The van der Waals surface area contributed by atoms with Crippen LogP contribution in [0.3, 0.4) is 0 Å². The Morgan fingerprint density at radius 3 is 2.48 bits per heavy atom. The quantitative estimate of drug-likeness (QED) is 0.451. The summed E-state index contributed by atoms with van der Waals surface area (Å²) in [4.78, 5) is 24.9. The van der Waals surface area contributed by atoms with Gasteiger partial charge >= 0.3 is 0 Å². The minimum Gasteiger partial charge on any atom is -0.438 e. The van der Waals surface area contributed by atoms with Crippen molar-refractivity contribution >= 4 is 21.6 Å². The number of nitro groups is 1. The Morgan fingerprint density at radius 1 is 1.18 bits per heavy atom. The van der Waals surface area contributed by atoms with E-state index in [4.69, 9.17) is 9.47 Å². The number of aromatic nitrogens is 2. The molecule has 0 bridgehead atoms. The third-order valence-electron chi connectivity index (χ3n) is 5.75. The zero-order valence-electron chi connectivity index (χ0n) is 18.4. The molecule has 12 nitrogen and oxygen atoms in total. The molecule has 2 saturated heterocycles. The Labute approximate surface area is 190 Å². The first-order valence-electron chi connectivity index (χ1n) is 10.6. The average molecular weight is 480 g/mol. The van der Waals surface area contributed by atoms with Gasteiger partial charge < -0.3 is 14.4 Å². The number of nitro benzene ring substituents is 1. The third-order valence-corrected chi connectivity index (χ3v) is 7.67. The lowest BCUT2D eigenvalue weighted by Crippen LogP contribution is -2.41. The summed E-state index contributed by atoms with van der Waals surface area (Å²) in [6, 6.07) is 3.45. The number of amides is 1. The SMILES string of the molecule is Cc1c(C(=O)N2CCOCC2)nn(C)c1Oc1ccc([N+](=O)[O-])cc1S(=O)(=O)N1CCCC1. The Balaban J connectivity index is 1.71. The highest BCUT2D eigenvalue weighted by atomic mass is 32.2. The highest BCUT2D eigenvalue weighted by molar-refractivity contribution is 7.89. The molecule has 0 aliphatic carbocycles. The molecule has 2 aliphatic rings. The number of hydrogen-bond acceptors (Lipinski definition) is 8. The molecule has 1 aromatic carbocycles. The number of carbonyl (C=O) groups excluding carboxylic acids is 1. The van der Waals surface area contributed by atoms with E-state index >= 15 is 0 Å². The lowest BCUT2D eigenvalue weighted by Gasteiger charge is -2.26. The van der Waals surface area contributed by atoms with E-state index in [-0.39, 0.29) is 33.8 Å². The predicted molar refractivity (Wildman–Crippen MR) is 116 cm³/mol. The topological polar surface area (TPSA) is 137 Å². The summed E-state index contributed by atoms with van der Waals surface area (Å²) in [6.07, 6.45) is 1.44. The average Bonchev–Trinajstić information content (AvgIpc) is 3.44. The lowest BCUT2D eigenvalue weighted by molar-refractivity contribution is -0.385. The van der Waals surface area contributed by atoms with E-state index < -0.39 is 14.9 Å². The molecule has 2 aliphatic heterocycles. The first kappa shape index (κ1) is 23.1. The van der Waals surface area contributed by atoms with Gasteiger partial charge in [-0.2, -0.15) is 9.40 Å². The molecule has 1 aromatic heterocycles. The van der Waals surface area contributed by atoms with E-state index in [2.05, 4.69) is 5.10 Å². The number of non-ortho nitro benzene ring substituents is 1. The van der Waals surface area contributed by atoms with Crippen molar-refractivity contribution in [2.45, 2.75) is 24.7 Å². The van der Waals surface area contributed by atoms with Crippen LogP contribution < -0.4 is 4.74 Å². The summed E-state index contributed by atoms with van der Waals surface area (Å²) in [7, 11) is -2.43. The highest BCUT2D eigenvalue weighted by Crippen LogP contribution is 2.36. The largest absolute Gasteiger partial charge is 0.438 e. The fourth-order valence-corrected chi connectivity index (χ4v) is 5.60. The van der Waals surface area contributed by atoms with Crippen LogP contribution in [0.15, 0.2) is 23.1 Å². The van der Waals surface area contributed by atoms with Crippen molar-refractivity contribution in [1.82, 2.24) is 19.0 Å². The van der Waals surface area contributed by atoms with Gasteiger partial charge in [0.25, 0.3) is 11.6 Å². The lowest BCUT2D eigenvalue weighted by atomic mass is 10.2. The molecule has 33 heavy (non-hydrogen) atoms. The minimum atomic E-state index is -4.01. The van der Waals surface area contributed by atoms with Gasteiger partial charge in [-0.15, -0.1) is 0 Å². The van der Waals surface area contributed by atoms with E-state index in [1.54, 1.807) is 18.9 Å². The molecule has 0 spiro atoms. The maximum atomic E-state index is 13.2. The fourth-order valence-electron chi connectivity index (χ4n) is 3.94. The van der Waals surface area contributed by atoms with Crippen molar-refractivity contribution in [3.05, 3.63) is 39.6 Å². The van der Waals surface area contributed by atoms with E-state index in [0.29, 0.717) is 45.0 Å². The second-order valence-corrected chi connectivity index (χ2v) is 9.81. The standard InChI is InChI=1S/C20H25N5O7S/c1-14-18(19(26)23-9-11-31-12-10-23)21-22(2)20(14)32-16-6-5-15(25(27)28)13-17(16)33(29,30)24-7-3-4-8-24/h5-6,13H,3-4,7-12H2,1-2H3. The molecule has 0 atom stereocenters. The molecule has 0 N–H and O–H groups in total. The first-order chi connectivity index (χ1) is 15.7. The third kappa shape index (κ3) is 4.43. The van der Waals surface area contributed by atoms with Crippen LogP contribution >= 0.6 is 0 Å². The molecule has 0 saturated carbocycles. The minimum absolute atomic E-state index is 0.0658. The monoisotopic (exact) mass is 479 g/mol. The van der Waals surface area contributed by atoms with Crippen LogP contribution in [-0.2, 0) is 21.8 Å². The van der Waals surface area contributed by atoms with Gasteiger partial charge in [0.2, 0.25) is 15.9 Å². The number of sulfonamides is 1. The molecule has 1 amide bonds. The summed E-state index contributed by atoms with van der Waals surface area (Å²) in [6.45, 7) is 4.14. The van der Waals surface area contributed by atoms with Crippen molar-refractivity contribution < 1.29 is 27.6 Å². The van der Waals surface area contributed by atoms with E-state index in [1.807, 2.05) is 0 Å². The molecule has 13 heteroatoms. The number of nitrogens with zero attached hydrogens (tertiary/aromatic N) is 5. The number of carbonyl (C=O) groups is 1. The zero-order chi connectivity index (χ0) is 23.8. The van der Waals surface area contributed by atoms with Gasteiger partial charge in [0.1, 0.15) is 10.6 Å². The number of morpholine rings is 1. The summed E-state index contributed by atoms with van der Waals surface area (Å²) >= 11 is 0. The molecular formula is C20H25N5O7S. The summed E-state index contributed by atoms with van der Waals surface area (Å²) in [5.74, 6) is -0.155. The number of aryl methyl sites for hydroxylation is 1. The Morgan fingerprint density at radius 2 is 1.85 bits per heavy atom. The van der Waals surface area contributed by atoms with Gasteiger partial charge in [0, 0.05) is 50.9 Å². The molecule has 2 fully saturated rings. The van der Waals surface area contributed by atoms with Crippen LogP contribution in [0, 0.1) is 17.0 Å². The van der Waals surface area contributed by atoms with Gasteiger partial charge in [-0.1, -0.05) is 0 Å². The van der Waals surface area contributed by atoms with Crippen LogP contribution in [0.2, 0.25) is 0 Å². The molecular weight excluding hydrogens is 454 g/mol. The van der Waals surface area contributed by atoms with E-state index in [9.17, 15) is 23.3 Å². The summed E-state index contributed by atoms with van der Waals surface area (Å²) in [5, 5.41) is 15.6. The van der Waals surface area contributed by atoms with Gasteiger partial charge in [-0.05, 0) is 25.8 Å². The Bertz CT molecular complexity index is 1180. The smallest absolute Gasteiger partial charge is 0.274 e. The van der Waals surface area contributed by atoms with Crippen molar-refractivity contribution in [1.29, 1.82) is 0 Å². The molecule has 178 valence electrons. The summed E-state index contributed by atoms with van der Waals surface area (Å²) < 4.78 is 40.4. The number of rotatable bonds is 6. The molecule has 0 radical (unpaired) electrons. The number of ether oxygens (including phenoxy) is 2. The van der Waals surface area contributed by atoms with Crippen molar-refractivity contribution in [3.8, 4) is 11.6 Å². The van der Waals surface area contributed by atoms with Crippen LogP contribution in [0.4, 0.5) is 5.69 Å². The van der Waals surface area contributed by atoms with Crippen molar-refractivity contribution in [2.75, 3.05) is 39.4 Å². The first-order valence-corrected chi connectivity index (χ1v) is 12.0. The molecule has 3 heterocycles. The Hall–Kier alpha value is -3.03. The second kappa shape index (κ2) is 9.08. The maximum absolute atomic E-state index is 13.2. The molecule has 4 rings (SSSR count). The van der Waals surface area contributed by atoms with Crippen LogP contribution in [-0.4, -0.2) is 77.6 Å². The number of hydrogen-bond donors (Lipinski definition) is 0. The van der Waals surface area contributed by atoms with Gasteiger partial charge in [0.05, 0.1) is 18.1 Å². The second-order valence-electron chi connectivity index (χ2n) is 7.91. The normalized spacial score (nSPS) is 17.3. The highest BCUT2D eigenvalue weighted by Gasteiger charge is 2.33. The number of benzene rings is 1. The van der Waals surface area contributed by atoms with Crippen LogP contribution in [0.1, 0.15) is 28.9 Å². The van der Waals surface area contributed by atoms with Gasteiger partial charge in [-0.25, -0.2) is 13.1 Å². The zero-order valence-corrected chi connectivity index (χ0v) is 19.2. The fraction of sp³-hybridized carbons (Fsp3) is 0.500. The molecule has 2 aromatic rings. The van der Waals surface area contributed by atoms with Crippen LogP contribution in [0.5, 0.6) is 11.6 Å². The van der Waals surface area contributed by atoms with Gasteiger partial charge in [0.15, 0.2) is 5.69 Å². The predicted octanol–water partition coefficient (Wildman–Crippen LogP) is 1.69. The van der Waals surface area contributed by atoms with E-state index in [0.717, 1.165) is 18.9 Å². The molecule has 0 unspecified atom stereocenters. The maximum Gasteiger partial charge on any atom is 0.274 e. The van der Waals surface area contributed by atoms with E-state index in [1.165, 1.54) is 21.1 Å².